The van der Waals surface area contributed by atoms with Gasteiger partial charge in [0, 0.05) is 24.7 Å². The minimum Gasteiger partial charge on any atom is -0.497 e. The van der Waals surface area contributed by atoms with Crippen molar-refractivity contribution in [3.05, 3.63) is 64.7 Å². The van der Waals surface area contributed by atoms with Gasteiger partial charge in [-0.05, 0) is 41.8 Å². The van der Waals surface area contributed by atoms with E-state index in [4.69, 9.17) is 16.3 Å². The zero-order valence-electron chi connectivity index (χ0n) is 15.3. The summed E-state index contributed by atoms with van der Waals surface area (Å²) in [6.45, 7) is 2.93. The minimum atomic E-state index is -0.0705. The number of hydrogen-bond acceptors (Lipinski definition) is 4. The number of hydrogen-bond donors (Lipinski definition) is 0. The van der Waals surface area contributed by atoms with Crippen LogP contribution in [0.4, 0.5) is 0 Å². The molecule has 2 aliphatic heterocycles. The molecule has 0 aromatic heterocycles. The van der Waals surface area contributed by atoms with Gasteiger partial charge in [-0.1, -0.05) is 35.9 Å². The highest BCUT2D eigenvalue weighted by molar-refractivity contribution is 6.30. The van der Waals surface area contributed by atoms with Crippen molar-refractivity contribution in [1.29, 1.82) is 0 Å². The van der Waals surface area contributed by atoms with Gasteiger partial charge in [-0.25, -0.2) is 5.01 Å². The van der Waals surface area contributed by atoms with Gasteiger partial charge in [-0.2, -0.15) is 5.10 Å². The van der Waals surface area contributed by atoms with Gasteiger partial charge >= 0.3 is 0 Å². The van der Waals surface area contributed by atoms with E-state index in [1.54, 1.807) is 12.1 Å². The Morgan fingerprint density at radius 1 is 1.15 bits per heavy atom. The van der Waals surface area contributed by atoms with Gasteiger partial charge in [0.25, 0.3) is 5.91 Å². The zero-order chi connectivity index (χ0) is 18.8. The number of rotatable bonds is 5. The maximum Gasteiger partial charge on any atom is 0.251 e. The van der Waals surface area contributed by atoms with Crippen LogP contribution in [0, 0.1) is 5.92 Å². The maximum atomic E-state index is 12.7. The van der Waals surface area contributed by atoms with Crippen LogP contribution in [0.2, 0.25) is 5.02 Å². The second kappa shape index (κ2) is 7.71. The van der Waals surface area contributed by atoms with E-state index in [9.17, 15) is 4.79 Å². The summed E-state index contributed by atoms with van der Waals surface area (Å²) in [5, 5.41) is 7.01. The van der Waals surface area contributed by atoms with Crippen LogP contribution in [0.25, 0.3) is 0 Å². The molecule has 1 saturated heterocycles. The maximum absolute atomic E-state index is 12.7. The molecule has 4 rings (SSSR count). The molecule has 2 aliphatic rings. The number of fused-ring (bicyclic) bond motifs is 1. The van der Waals surface area contributed by atoms with Crippen molar-refractivity contribution >= 4 is 23.2 Å². The van der Waals surface area contributed by atoms with E-state index in [0.29, 0.717) is 6.54 Å². The summed E-state index contributed by atoms with van der Waals surface area (Å²) in [6.07, 6.45) is 0.817. The third-order valence-corrected chi connectivity index (χ3v) is 5.35. The molecule has 0 aliphatic carbocycles. The molecule has 5 nitrogen and oxygen atoms in total. The van der Waals surface area contributed by atoms with E-state index in [-0.39, 0.29) is 11.8 Å². The van der Waals surface area contributed by atoms with Crippen molar-refractivity contribution in [3.63, 3.8) is 0 Å². The number of carbonyl (C=O) groups is 1. The van der Waals surface area contributed by atoms with E-state index in [1.807, 2.05) is 42.5 Å². The van der Waals surface area contributed by atoms with Gasteiger partial charge in [0.05, 0.1) is 25.3 Å². The van der Waals surface area contributed by atoms with Crippen molar-refractivity contribution < 1.29 is 9.53 Å². The van der Waals surface area contributed by atoms with Crippen LogP contribution in [0.5, 0.6) is 5.75 Å². The molecule has 2 aromatic rings. The van der Waals surface area contributed by atoms with E-state index in [1.165, 1.54) is 5.56 Å². The first-order chi connectivity index (χ1) is 13.1. The topological polar surface area (TPSA) is 45.1 Å². The Hall–Kier alpha value is -2.37. The fourth-order valence-corrected chi connectivity index (χ4v) is 3.91. The van der Waals surface area contributed by atoms with E-state index in [0.717, 1.165) is 48.1 Å². The Morgan fingerprint density at radius 3 is 2.70 bits per heavy atom. The van der Waals surface area contributed by atoms with Gasteiger partial charge in [0.15, 0.2) is 0 Å². The van der Waals surface area contributed by atoms with Crippen LogP contribution in [-0.2, 0) is 17.9 Å². The highest BCUT2D eigenvalue weighted by Gasteiger charge is 2.39. The summed E-state index contributed by atoms with van der Waals surface area (Å²) in [7, 11) is 1.64. The largest absolute Gasteiger partial charge is 0.497 e. The average Bonchev–Trinajstić information content (AvgIpc) is 2.97. The molecular formula is C21H22ClN3O2. The van der Waals surface area contributed by atoms with Crippen LogP contribution in [0.15, 0.2) is 53.6 Å². The number of carbonyl (C=O) groups excluding carboxylic acids is 1. The fourth-order valence-electron chi connectivity index (χ4n) is 3.69. The molecule has 2 heterocycles. The number of hydrazone groups is 1. The molecule has 1 unspecified atom stereocenters. The number of methoxy groups -OCH3 is 1. The van der Waals surface area contributed by atoms with Gasteiger partial charge in [0.2, 0.25) is 0 Å². The van der Waals surface area contributed by atoms with Crippen LogP contribution in [-0.4, -0.2) is 41.7 Å². The van der Waals surface area contributed by atoms with Crippen LogP contribution < -0.4 is 4.74 Å². The van der Waals surface area contributed by atoms with Gasteiger partial charge in [-0.15, -0.1) is 0 Å². The monoisotopic (exact) mass is 383 g/mol. The standard InChI is InChI=1S/C21H22ClN3O2/c1-27-18-7-5-15(6-8-18)13-25-21(26)19-9-10-24(14-20(19)23-25)12-16-3-2-4-17(22)11-16/h2-8,11,19H,9-10,12-14H2,1H3. The summed E-state index contributed by atoms with van der Waals surface area (Å²) in [6, 6.07) is 15.7. The molecule has 1 amide bonds. The van der Waals surface area contributed by atoms with Crippen molar-refractivity contribution in [1.82, 2.24) is 9.91 Å². The Bertz CT molecular complexity index is 866. The van der Waals surface area contributed by atoms with Gasteiger partial charge in [0.1, 0.15) is 5.75 Å². The summed E-state index contributed by atoms with van der Waals surface area (Å²) in [5.74, 6) is 0.852. The lowest BCUT2D eigenvalue weighted by atomic mass is 9.94. The number of benzene rings is 2. The van der Waals surface area contributed by atoms with Gasteiger partial charge in [-0.3, -0.25) is 9.69 Å². The molecule has 6 heteroatoms. The zero-order valence-corrected chi connectivity index (χ0v) is 16.0. The summed E-state index contributed by atoms with van der Waals surface area (Å²) < 4.78 is 5.18. The van der Waals surface area contributed by atoms with E-state index >= 15 is 0 Å². The Kier molecular flexibility index (Phi) is 5.14. The number of amides is 1. The van der Waals surface area contributed by atoms with Crippen LogP contribution in [0.3, 0.4) is 0 Å². The predicted octanol–water partition coefficient (Wildman–Crippen LogP) is 3.57. The first kappa shape index (κ1) is 18.0. The molecule has 1 fully saturated rings. The number of likely N-dealkylation sites (tertiary alicyclic amines) is 1. The van der Waals surface area contributed by atoms with Crippen molar-refractivity contribution in [2.45, 2.75) is 19.5 Å². The second-order valence-corrected chi connectivity index (χ2v) is 7.45. The predicted molar refractivity (Wildman–Crippen MR) is 106 cm³/mol. The van der Waals surface area contributed by atoms with Crippen LogP contribution in [0.1, 0.15) is 17.5 Å². The Morgan fingerprint density at radius 2 is 1.96 bits per heavy atom. The lowest BCUT2D eigenvalue weighted by Gasteiger charge is -2.29. The third-order valence-electron chi connectivity index (χ3n) is 5.11. The molecule has 0 bridgehead atoms. The highest BCUT2D eigenvalue weighted by Crippen LogP contribution is 2.27. The number of piperidine rings is 1. The smallest absolute Gasteiger partial charge is 0.251 e. The lowest BCUT2D eigenvalue weighted by Crippen LogP contribution is -2.41. The van der Waals surface area contributed by atoms with E-state index in [2.05, 4.69) is 16.1 Å². The molecule has 0 saturated carbocycles. The molecular weight excluding hydrogens is 362 g/mol. The van der Waals surface area contributed by atoms with Crippen molar-refractivity contribution in [2.24, 2.45) is 11.0 Å². The molecule has 2 aromatic carbocycles. The normalized spacial score (nSPS) is 19.8. The Balaban J connectivity index is 1.42. The lowest BCUT2D eigenvalue weighted by molar-refractivity contribution is -0.132. The minimum absolute atomic E-state index is 0.0705. The highest BCUT2D eigenvalue weighted by atomic mass is 35.5. The van der Waals surface area contributed by atoms with Crippen molar-refractivity contribution in [3.8, 4) is 5.75 Å². The number of nitrogens with zero attached hydrogens (tertiary/aromatic N) is 3. The van der Waals surface area contributed by atoms with Crippen LogP contribution >= 0.6 is 11.6 Å². The summed E-state index contributed by atoms with van der Waals surface area (Å²) >= 11 is 6.08. The molecule has 1 atom stereocenters. The molecule has 0 N–H and O–H groups in total. The second-order valence-electron chi connectivity index (χ2n) is 7.02. The molecule has 27 heavy (non-hydrogen) atoms. The summed E-state index contributed by atoms with van der Waals surface area (Å²) in [4.78, 5) is 15.1. The first-order valence-electron chi connectivity index (χ1n) is 9.11. The third kappa shape index (κ3) is 3.99. The van der Waals surface area contributed by atoms with Gasteiger partial charge < -0.3 is 4.74 Å². The number of halogens is 1. The number of ether oxygens (including phenoxy) is 1. The average molecular weight is 384 g/mol. The van der Waals surface area contributed by atoms with E-state index < -0.39 is 0 Å². The first-order valence-corrected chi connectivity index (χ1v) is 9.48. The summed E-state index contributed by atoms with van der Waals surface area (Å²) in [5.41, 5.74) is 3.20. The van der Waals surface area contributed by atoms with Crippen molar-refractivity contribution in [2.75, 3.05) is 20.2 Å². The SMILES string of the molecule is COc1ccc(CN2N=C3CN(Cc4cccc(Cl)c4)CCC3C2=O)cc1. The molecule has 0 radical (unpaired) electrons. The molecule has 140 valence electrons. The molecule has 0 spiro atoms. The fraction of sp³-hybridized carbons (Fsp3) is 0.333. The Labute approximate surface area is 164 Å². The quantitative estimate of drug-likeness (QED) is 0.792.